The molecule has 0 unspecified atom stereocenters. The highest BCUT2D eigenvalue weighted by atomic mass is 32.2. The Bertz CT molecular complexity index is 456. The molecule has 21 heavy (non-hydrogen) atoms. The van der Waals surface area contributed by atoms with E-state index >= 15 is 0 Å². The quantitative estimate of drug-likeness (QED) is 0.305. The Balaban J connectivity index is 2.59. The number of Topliss-reactive ketones (excluding diaryl/α,β-unsaturated/α-hetero) is 1. The Morgan fingerprint density at radius 2 is 2.14 bits per heavy atom. The van der Waals surface area contributed by atoms with Gasteiger partial charge < -0.3 is 15.6 Å². The summed E-state index contributed by atoms with van der Waals surface area (Å²) >= 11 is 1.53. The predicted molar refractivity (Wildman–Crippen MR) is 77.9 cm³/mol. The van der Waals surface area contributed by atoms with E-state index in [-0.39, 0.29) is 30.1 Å². The van der Waals surface area contributed by atoms with Crippen LogP contribution in [0.4, 0.5) is 0 Å². The average Bonchev–Trinajstić information content (AvgIpc) is 2.31. The summed E-state index contributed by atoms with van der Waals surface area (Å²) in [5, 5.41) is 2.50. The van der Waals surface area contributed by atoms with E-state index in [0.29, 0.717) is 0 Å². The highest BCUT2D eigenvalue weighted by molar-refractivity contribution is 8.01. The summed E-state index contributed by atoms with van der Waals surface area (Å²) in [5.41, 5.74) is 8.27. The molecule has 0 aromatic carbocycles. The fourth-order valence-electron chi connectivity index (χ4n) is 1.69. The van der Waals surface area contributed by atoms with Crippen LogP contribution >= 0.6 is 11.8 Å². The minimum atomic E-state index is -0.864. The molecular weight excluding hydrogens is 294 g/mol. The lowest BCUT2D eigenvalue weighted by Gasteiger charge is -2.26. The maximum Gasteiger partial charge on any atom is 0.328 e. The minimum absolute atomic E-state index is 0.0139. The molecule has 0 spiro atoms. The molecule has 116 valence electrons. The molecule has 1 N–H and O–H groups in total. The van der Waals surface area contributed by atoms with Crippen molar-refractivity contribution >= 4 is 35.6 Å². The lowest BCUT2D eigenvalue weighted by molar-refractivity contribution is -0.151. The van der Waals surface area contributed by atoms with Gasteiger partial charge in [0.2, 0.25) is 11.7 Å². The fraction of sp³-hybridized carbons (Fsp3) is 0.692. The predicted octanol–water partition coefficient (Wildman–Crippen LogP) is 0.578. The second kappa shape index (κ2) is 8.59. The molecule has 1 fully saturated rings. The van der Waals surface area contributed by atoms with Gasteiger partial charge in [0.1, 0.15) is 6.04 Å². The highest BCUT2D eigenvalue weighted by Crippen LogP contribution is 2.27. The van der Waals surface area contributed by atoms with Crippen molar-refractivity contribution < 1.29 is 23.9 Å². The summed E-state index contributed by atoms with van der Waals surface area (Å²) in [6.07, 6.45) is 1.36. The first-order valence-electron chi connectivity index (χ1n) is 6.76. The zero-order chi connectivity index (χ0) is 15.8. The van der Waals surface area contributed by atoms with Gasteiger partial charge in [-0.15, -0.1) is 11.8 Å². The van der Waals surface area contributed by atoms with Crippen molar-refractivity contribution in [3.05, 3.63) is 5.53 Å². The normalized spacial score (nSPS) is 18.1. The third-order valence-electron chi connectivity index (χ3n) is 2.83. The van der Waals surface area contributed by atoms with Crippen molar-refractivity contribution in [2.24, 2.45) is 0 Å². The number of amides is 1. The number of hydrogen-bond acceptors (Lipinski definition) is 5. The summed E-state index contributed by atoms with van der Waals surface area (Å²) in [7, 11) is 0. The number of rotatable bonds is 8. The molecule has 0 bridgehead atoms. The van der Waals surface area contributed by atoms with Crippen molar-refractivity contribution in [1.82, 2.24) is 5.32 Å². The molecule has 2 atom stereocenters. The molecule has 1 saturated heterocycles. The number of hydrogen-bond donors (Lipinski definition) is 1. The average molecular weight is 313 g/mol. The summed E-state index contributed by atoms with van der Waals surface area (Å²) in [6.45, 7) is 3.42. The molecule has 0 aromatic rings. The van der Waals surface area contributed by atoms with E-state index in [4.69, 9.17) is 10.3 Å². The Hall–Kier alpha value is -1.66. The first-order chi connectivity index (χ1) is 9.93. The SMILES string of the molecule is CC(C)OC(=O)[C@H](CCC(=O)C=[N+]=[N-])NC(=O)[C@@H]1CCS1. The van der Waals surface area contributed by atoms with Crippen LogP contribution in [-0.2, 0) is 19.1 Å². The van der Waals surface area contributed by atoms with Crippen molar-refractivity contribution in [1.29, 1.82) is 0 Å². The van der Waals surface area contributed by atoms with Gasteiger partial charge in [0.25, 0.3) is 0 Å². The van der Waals surface area contributed by atoms with Crippen LogP contribution in [0.3, 0.4) is 0 Å². The van der Waals surface area contributed by atoms with Crippen LogP contribution in [0.15, 0.2) is 0 Å². The van der Waals surface area contributed by atoms with E-state index in [1.54, 1.807) is 13.8 Å². The maximum absolute atomic E-state index is 12.0. The molecule has 1 rings (SSSR count). The van der Waals surface area contributed by atoms with E-state index < -0.39 is 17.8 Å². The summed E-state index contributed by atoms with van der Waals surface area (Å²) in [4.78, 5) is 37.8. The standard InChI is InChI=1S/C13H19N3O4S/c1-8(2)20-13(19)10(4-3-9(17)7-15-14)16-12(18)11-5-6-21-11/h7-8,10-11H,3-6H2,1-2H3,(H,16,18)/t10-,11-/m0/s1. The number of carbonyl (C=O) groups is 3. The van der Waals surface area contributed by atoms with E-state index in [1.807, 2.05) is 0 Å². The molecule has 1 aliphatic heterocycles. The number of carbonyl (C=O) groups excluding carboxylic acids is 3. The highest BCUT2D eigenvalue weighted by Gasteiger charge is 2.31. The molecule has 0 aromatic heterocycles. The first kappa shape index (κ1) is 17.4. The van der Waals surface area contributed by atoms with Crippen LogP contribution in [-0.4, -0.2) is 51.8 Å². The summed E-state index contributed by atoms with van der Waals surface area (Å²) in [6, 6.07) is -0.864. The number of nitrogens with one attached hydrogen (secondary N) is 1. The minimum Gasteiger partial charge on any atom is -0.461 e. The number of thioether (sulfide) groups is 1. The molecular formula is C13H19N3O4S. The van der Waals surface area contributed by atoms with Gasteiger partial charge in [-0.3, -0.25) is 9.59 Å². The van der Waals surface area contributed by atoms with Crippen LogP contribution in [0.2, 0.25) is 0 Å². The zero-order valence-corrected chi connectivity index (χ0v) is 12.9. The monoisotopic (exact) mass is 313 g/mol. The molecule has 8 heteroatoms. The molecule has 0 radical (unpaired) electrons. The van der Waals surface area contributed by atoms with Gasteiger partial charge in [-0.25, -0.2) is 4.79 Å². The Morgan fingerprint density at radius 3 is 2.62 bits per heavy atom. The van der Waals surface area contributed by atoms with Gasteiger partial charge in [0.15, 0.2) is 0 Å². The number of ether oxygens (including phenoxy) is 1. The summed E-state index contributed by atoms with van der Waals surface area (Å²) in [5.74, 6) is -0.256. The van der Waals surface area contributed by atoms with Crippen molar-refractivity contribution in [2.45, 2.75) is 50.5 Å². The van der Waals surface area contributed by atoms with Crippen molar-refractivity contribution in [3.8, 4) is 0 Å². The Labute approximate surface area is 127 Å². The van der Waals surface area contributed by atoms with Crippen molar-refractivity contribution in [2.75, 3.05) is 5.75 Å². The van der Waals surface area contributed by atoms with Crippen LogP contribution in [0.5, 0.6) is 0 Å². The summed E-state index contributed by atoms with van der Waals surface area (Å²) < 4.78 is 5.08. The third kappa shape index (κ3) is 6.10. The molecule has 1 aliphatic rings. The molecule has 1 amide bonds. The van der Waals surface area contributed by atoms with Gasteiger partial charge in [-0.1, -0.05) is 0 Å². The van der Waals surface area contributed by atoms with Crippen LogP contribution < -0.4 is 5.32 Å². The topological polar surface area (TPSA) is 109 Å². The van der Waals surface area contributed by atoms with Crippen molar-refractivity contribution in [3.63, 3.8) is 0 Å². The number of nitrogens with zero attached hydrogens (tertiary/aromatic N) is 2. The largest absolute Gasteiger partial charge is 0.461 e. The fourth-order valence-corrected chi connectivity index (χ4v) is 2.38. The van der Waals surface area contributed by atoms with Crippen LogP contribution in [0.1, 0.15) is 33.1 Å². The number of ketones is 1. The molecule has 0 aliphatic carbocycles. The van der Waals surface area contributed by atoms with Gasteiger partial charge in [-0.05, 0) is 32.4 Å². The Kier molecular flexibility index (Phi) is 7.11. The maximum atomic E-state index is 12.0. The lowest BCUT2D eigenvalue weighted by Crippen LogP contribution is -2.47. The molecule has 1 heterocycles. The van der Waals surface area contributed by atoms with Crippen LogP contribution in [0.25, 0.3) is 5.53 Å². The van der Waals surface area contributed by atoms with E-state index in [1.165, 1.54) is 11.8 Å². The van der Waals surface area contributed by atoms with E-state index in [9.17, 15) is 14.4 Å². The number of esters is 1. The zero-order valence-electron chi connectivity index (χ0n) is 12.1. The second-order valence-corrected chi connectivity index (χ2v) is 6.26. The first-order valence-corrected chi connectivity index (χ1v) is 7.81. The smallest absolute Gasteiger partial charge is 0.328 e. The Morgan fingerprint density at radius 1 is 1.48 bits per heavy atom. The van der Waals surface area contributed by atoms with Gasteiger partial charge in [0, 0.05) is 6.42 Å². The third-order valence-corrected chi connectivity index (χ3v) is 4.15. The van der Waals surface area contributed by atoms with Gasteiger partial charge in [0.05, 0.1) is 11.4 Å². The molecule has 7 nitrogen and oxygen atoms in total. The van der Waals surface area contributed by atoms with Gasteiger partial charge in [-0.2, -0.15) is 4.79 Å². The van der Waals surface area contributed by atoms with E-state index in [2.05, 4.69) is 10.1 Å². The van der Waals surface area contributed by atoms with Crippen LogP contribution in [0, 0.1) is 0 Å². The van der Waals surface area contributed by atoms with E-state index in [0.717, 1.165) is 18.4 Å². The molecule has 0 saturated carbocycles. The second-order valence-electron chi connectivity index (χ2n) is 4.94. The van der Waals surface area contributed by atoms with Gasteiger partial charge >= 0.3 is 12.2 Å². The lowest BCUT2D eigenvalue weighted by atomic mass is 10.1.